The lowest BCUT2D eigenvalue weighted by Gasteiger charge is -2.15. The van der Waals surface area contributed by atoms with Crippen molar-refractivity contribution >= 4 is 33.4 Å². The minimum Gasteiger partial charge on any atom is -0.326 e. The Balaban J connectivity index is 2.14. The third kappa shape index (κ3) is 5.09. The second-order valence-electron chi connectivity index (χ2n) is 6.67. The van der Waals surface area contributed by atoms with Crippen LogP contribution in [0.5, 0.6) is 0 Å². The number of nitrogens with one attached hydrogen (secondary N) is 1. The number of nitrogens with zero attached hydrogens (tertiary/aromatic N) is 3. The molecule has 0 spiro atoms. The summed E-state index contributed by atoms with van der Waals surface area (Å²) in [6.07, 6.45) is 2.70. The van der Waals surface area contributed by atoms with Gasteiger partial charge in [0.25, 0.3) is 0 Å². The fourth-order valence-corrected chi connectivity index (χ4v) is 4.10. The van der Waals surface area contributed by atoms with Crippen LogP contribution < -0.4 is 5.32 Å². The SMILES string of the molecule is CSc1nc(C)c(CCC(=O)Nc2cc(S(=O)(=O)N(C)C)ccc2C)c(C)n1. The van der Waals surface area contributed by atoms with Gasteiger partial charge in [0.1, 0.15) is 0 Å². The van der Waals surface area contributed by atoms with Gasteiger partial charge in [0.15, 0.2) is 5.16 Å². The number of sulfonamides is 1. The maximum Gasteiger partial charge on any atom is 0.242 e. The van der Waals surface area contributed by atoms with Gasteiger partial charge in [-0.1, -0.05) is 17.8 Å². The van der Waals surface area contributed by atoms with Crippen LogP contribution in [0.1, 0.15) is 28.9 Å². The Labute approximate surface area is 171 Å². The van der Waals surface area contributed by atoms with Crippen LogP contribution >= 0.6 is 11.8 Å². The van der Waals surface area contributed by atoms with Gasteiger partial charge in [-0.2, -0.15) is 0 Å². The molecular weight excluding hydrogens is 396 g/mol. The molecule has 1 aromatic carbocycles. The number of hydrogen-bond donors (Lipinski definition) is 1. The number of anilines is 1. The van der Waals surface area contributed by atoms with Crippen LogP contribution in [0.15, 0.2) is 28.3 Å². The summed E-state index contributed by atoms with van der Waals surface area (Å²) in [4.78, 5) is 21.5. The van der Waals surface area contributed by atoms with Crippen molar-refractivity contribution in [3.05, 3.63) is 40.7 Å². The van der Waals surface area contributed by atoms with Crippen molar-refractivity contribution in [2.24, 2.45) is 0 Å². The molecule has 0 saturated carbocycles. The van der Waals surface area contributed by atoms with Crippen LogP contribution in [0.3, 0.4) is 0 Å². The first-order chi connectivity index (χ1) is 13.1. The number of aryl methyl sites for hydroxylation is 3. The summed E-state index contributed by atoms with van der Waals surface area (Å²) in [5.41, 5.74) is 4.01. The van der Waals surface area contributed by atoms with Crippen LogP contribution in [-0.2, 0) is 21.2 Å². The van der Waals surface area contributed by atoms with Gasteiger partial charge in [-0.25, -0.2) is 22.7 Å². The fraction of sp³-hybridized carbons (Fsp3) is 0.421. The smallest absolute Gasteiger partial charge is 0.242 e. The Kier molecular flexibility index (Phi) is 7.19. The predicted molar refractivity (Wildman–Crippen MR) is 112 cm³/mol. The van der Waals surface area contributed by atoms with E-state index in [0.29, 0.717) is 12.1 Å². The Bertz CT molecular complexity index is 966. The first kappa shape index (κ1) is 22.3. The number of aromatic nitrogens is 2. The average Bonchev–Trinajstić information content (AvgIpc) is 2.62. The predicted octanol–water partition coefficient (Wildman–Crippen LogP) is 2.95. The van der Waals surface area contributed by atoms with E-state index in [1.165, 1.54) is 38.0 Å². The lowest BCUT2D eigenvalue weighted by Crippen LogP contribution is -2.22. The van der Waals surface area contributed by atoms with Gasteiger partial charge in [0, 0.05) is 37.6 Å². The molecule has 0 unspecified atom stereocenters. The van der Waals surface area contributed by atoms with Crippen LogP contribution in [-0.4, -0.2) is 48.9 Å². The van der Waals surface area contributed by atoms with Crippen LogP contribution in [0.25, 0.3) is 0 Å². The molecule has 0 radical (unpaired) electrons. The summed E-state index contributed by atoms with van der Waals surface area (Å²) < 4.78 is 25.8. The molecule has 152 valence electrons. The van der Waals surface area contributed by atoms with Crippen molar-refractivity contribution in [1.29, 1.82) is 0 Å². The summed E-state index contributed by atoms with van der Waals surface area (Å²) >= 11 is 1.48. The Hall–Kier alpha value is -1.97. The van der Waals surface area contributed by atoms with Crippen molar-refractivity contribution in [2.45, 2.75) is 43.7 Å². The maximum atomic E-state index is 12.5. The molecule has 2 aromatic rings. The van der Waals surface area contributed by atoms with E-state index in [1.807, 2.05) is 27.0 Å². The summed E-state index contributed by atoms with van der Waals surface area (Å²) in [7, 11) is -0.612. The van der Waals surface area contributed by atoms with Crippen molar-refractivity contribution in [2.75, 3.05) is 25.7 Å². The van der Waals surface area contributed by atoms with E-state index in [4.69, 9.17) is 0 Å². The van der Waals surface area contributed by atoms with E-state index in [9.17, 15) is 13.2 Å². The molecular formula is C19H26N4O3S2. The van der Waals surface area contributed by atoms with Gasteiger partial charge in [-0.15, -0.1) is 0 Å². The van der Waals surface area contributed by atoms with E-state index >= 15 is 0 Å². The number of carbonyl (C=O) groups is 1. The maximum absolute atomic E-state index is 12.5. The minimum atomic E-state index is -3.56. The molecule has 0 aliphatic carbocycles. The Morgan fingerprint density at radius 1 is 1.14 bits per heavy atom. The molecule has 1 N–H and O–H groups in total. The lowest BCUT2D eigenvalue weighted by atomic mass is 10.1. The van der Waals surface area contributed by atoms with Gasteiger partial charge >= 0.3 is 0 Å². The summed E-state index contributed by atoms with van der Waals surface area (Å²) in [5.74, 6) is -0.185. The number of rotatable bonds is 7. The van der Waals surface area contributed by atoms with Gasteiger partial charge in [0.2, 0.25) is 15.9 Å². The molecule has 7 nitrogen and oxygen atoms in total. The summed E-state index contributed by atoms with van der Waals surface area (Å²) in [6, 6.07) is 4.72. The largest absolute Gasteiger partial charge is 0.326 e. The van der Waals surface area contributed by atoms with E-state index in [1.54, 1.807) is 6.07 Å². The normalized spacial score (nSPS) is 11.7. The molecule has 28 heavy (non-hydrogen) atoms. The van der Waals surface area contributed by atoms with E-state index < -0.39 is 10.0 Å². The summed E-state index contributed by atoms with van der Waals surface area (Å²) in [6.45, 7) is 5.66. The molecule has 0 bridgehead atoms. The Morgan fingerprint density at radius 2 is 1.75 bits per heavy atom. The zero-order valence-electron chi connectivity index (χ0n) is 17.0. The van der Waals surface area contributed by atoms with Gasteiger partial charge in [-0.3, -0.25) is 4.79 Å². The lowest BCUT2D eigenvalue weighted by molar-refractivity contribution is -0.116. The standard InChI is InChI=1S/C19H26N4O3S2/c1-12-7-8-15(28(25,26)23(4)5)11-17(12)22-18(24)10-9-16-13(2)20-19(27-6)21-14(16)3/h7-8,11H,9-10H2,1-6H3,(H,22,24). The first-order valence-electron chi connectivity index (χ1n) is 8.77. The van der Waals surface area contributed by atoms with Gasteiger partial charge in [-0.05, 0) is 56.7 Å². The second kappa shape index (κ2) is 9.02. The first-order valence-corrected chi connectivity index (χ1v) is 11.4. The molecule has 9 heteroatoms. The van der Waals surface area contributed by atoms with E-state index in [2.05, 4.69) is 15.3 Å². The third-order valence-corrected chi connectivity index (χ3v) is 6.81. The highest BCUT2D eigenvalue weighted by Gasteiger charge is 2.19. The number of amides is 1. The molecule has 2 rings (SSSR count). The number of hydrogen-bond acceptors (Lipinski definition) is 6. The molecule has 0 fully saturated rings. The van der Waals surface area contributed by atoms with Crippen LogP contribution in [0, 0.1) is 20.8 Å². The van der Waals surface area contributed by atoms with Gasteiger partial charge in [0.05, 0.1) is 4.90 Å². The molecule has 1 amide bonds. The number of benzene rings is 1. The highest BCUT2D eigenvalue weighted by Crippen LogP contribution is 2.23. The minimum absolute atomic E-state index is 0.145. The second-order valence-corrected chi connectivity index (χ2v) is 9.60. The van der Waals surface area contributed by atoms with Crippen molar-refractivity contribution in [3.8, 4) is 0 Å². The van der Waals surface area contributed by atoms with Crippen LogP contribution in [0.4, 0.5) is 5.69 Å². The number of carbonyl (C=O) groups excluding carboxylic acids is 1. The van der Waals surface area contributed by atoms with Crippen molar-refractivity contribution in [3.63, 3.8) is 0 Å². The Morgan fingerprint density at radius 3 is 2.29 bits per heavy atom. The zero-order chi connectivity index (χ0) is 21.1. The quantitative estimate of drug-likeness (QED) is 0.545. The molecule has 1 heterocycles. The summed E-state index contributed by atoms with van der Waals surface area (Å²) in [5, 5.41) is 3.55. The molecule has 0 saturated heterocycles. The molecule has 1 aromatic heterocycles. The monoisotopic (exact) mass is 422 g/mol. The van der Waals surface area contributed by atoms with Crippen LogP contribution in [0.2, 0.25) is 0 Å². The third-order valence-electron chi connectivity index (χ3n) is 4.45. The average molecular weight is 423 g/mol. The van der Waals surface area contributed by atoms with E-state index in [-0.39, 0.29) is 17.2 Å². The fourth-order valence-electron chi connectivity index (χ4n) is 2.72. The highest BCUT2D eigenvalue weighted by atomic mass is 32.2. The molecule has 0 atom stereocenters. The highest BCUT2D eigenvalue weighted by molar-refractivity contribution is 7.98. The van der Waals surface area contributed by atoms with E-state index in [0.717, 1.165) is 32.0 Å². The van der Waals surface area contributed by atoms with Gasteiger partial charge < -0.3 is 5.32 Å². The number of thioether (sulfide) groups is 1. The zero-order valence-corrected chi connectivity index (χ0v) is 18.7. The topological polar surface area (TPSA) is 92.3 Å². The van der Waals surface area contributed by atoms with Crippen molar-refractivity contribution < 1.29 is 13.2 Å². The molecule has 0 aliphatic rings. The molecule has 0 aliphatic heterocycles. The van der Waals surface area contributed by atoms with Crippen molar-refractivity contribution in [1.82, 2.24) is 14.3 Å².